The van der Waals surface area contributed by atoms with Crippen LogP contribution in [0.15, 0.2) is 20.7 Å². The summed E-state index contributed by atoms with van der Waals surface area (Å²) >= 11 is 3.14. The predicted molar refractivity (Wildman–Crippen MR) is 63.3 cm³/mol. The van der Waals surface area contributed by atoms with Crippen LogP contribution in [0, 0.1) is 0 Å². The van der Waals surface area contributed by atoms with E-state index in [2.05, 4.69) is 32.8 Å². The van der Waals surface area contributed by atoms with Crippen LogP contribution in [0.1, 0.15) is 0 Å². The molecular weight excluding hydrogens is 264 g/mol. The lowest BCUT2D eigenvalue weighted by Gasteiger charge is -2.09. The number of rotatable bonds is 3. The number of nitrogens with two attached hydrogens (primary N) is 1. The normalized spacial score (nSPS) is 10.0. The Labute approximate surface area is 93.9 Å². The van der Waals surface area contributed by atoms with Crippen molar-refractivity contribution in [3.8, 4) is 0 Å². The maximum Gasteiger partial charge on any atom is 0.329 e. The number of aromatic amines is 1. The molecule has 0 aliphatic heterocycles. The molecule has 0 radical (unpaired) electrons. The van der Waals surface area contributed by atoms with Gasteiger partial charge in [0.15, 0.2) is 0 Å². The minimum Gasteiger partial charge on any atom is -0.383 e. The second-order valence-corrected chi connectivity index (χ2v) is 4.07. The highest BCUT2D eigenvalue weighted by Crippen LogP contribution is 2.10. The van der Waals surface area contributed by atoms with Crippen LogP contribution in [0.2, 0.25) is 0 Å². The average Bonchev–Trinajstić information content (AvgIpc) is 2.14. The van der Waals surface area contributed by atoms with E-state index in [4.69, 9.17) is 5.73 Å². The molecule has 0 saturated heterocycles. The number of halogens is 1. The Morgan fingerprint density at radius 3 is 2.80 bits per heavy atom. The Bertz CT molecular complexity index is 502. The van der Waals surface area contributed by atoms with Crippen molar-refractivity contribution in [2.75, 3.05) is 17.6 Å². The molecule has 0 spiro atoms. The van der Waals surface area contributed by atoms with Gasteiger partial charge in [-0.3, -0.25) is 14.3 Å². The summed E-state index contributed by atoms with van der Waals surface area (Å²) in [7, 11) is 1.47. The molecule has 0 amide bonds. The molecule has 0 saturated carbocycles. The number of aromatic nitrogens is 2. The monoisotopic (exact) mass is 274 g/mol. The third kappa shape index (κ3) is 2.50. The molecule has 15 heavy (non-hydrogen) atoms. The Hall–Kier alpha value is -1.50. The van der Waals surface area contributed by atoms with Gasteiger partial charge in [-0.15, -0.1) is 0 Å². The fourth-order valence-electron chi connectivity index (χ4n) is 0.992. The molecule has 0 aliphatic carbocycles. The highest BCUT2D eigenvalue weighted by atomic mass is 79.9. The van der Waals surface area contributed by atoms with E-state index in [1.165, 1.54) is 7.05 Å². The molecule has 7 heteroatoms. The molecular formula is C8H11BrN4O2. The summed E-state index contributed by atoms with van der Waals surface area (Å²) in [6.45, 7) is 3.95. The van der Waals surface area contributed by atoms with Gasteiger partial charge in [-0.25, -0.2) is 4.79 Å². The van der Waals surface area contributed by atoms with E-state index in [1.54, 1.807) is 0 Å². The predicted octanol–water partition coefficient (Wildman–Crippen LogP) is -0.0237. The lowest BCUT2D eigenvalue weighted by atomic mass is 10.4. The number of hydrogen-bond acceptors (Lipinski definition) is 4. The zero-order valence-corrected chi connectivity index (χ0v) is 9.72. The first-order chi connectivity index (χ1) is 6.93. The van der Waals surface area contributed by atoms with E-state index in [9.17, 15) is 9.59 Å². The van der Waals surface area contributed by atoms with Gasteiger partial charge in [0, 0.05) is 18.1 Å². The quantitative estimate of drug-likeness (QED) is 0.722. The van der Waals surface area contributed by atoms with Crippen LogP contribution < -0.4 is 22.3 Å². The van der Waals surface area contributed by atoms with Gasteiger partial charge in [0.05, 0.1) is 0 Å². The van der Waals surface area contributed by atoms with Crippen molar-refractivity contribution in [3.05, 3.63) is 31.9 Å². The van der Waals surface area contributed by atoms with Crippen LogP contribution in [0.4, 0.5) is 11.5 Å². The molecule has 0 fully saturated rings. The molecule has 6 nitrogen and oxygen atoms in total. The van der Waals surface area contributed by atoms with Crippen LogP contribution in [-0.4, -0.2) is 16.1 Å². The van der Waals surface area contributed by atoms with Crippen LogP contribution >= 0.6 is 15.9 Å². The Balaban J connectivity index is 3.19. The molecule has 4 N–H and O–H groups in total. The summed E-state index contributed by atoms with van der Waals surface area (Å²) in [6.07, 6.45) is 0. The smallest absolute Gasteiger partial charge is 0.329 e. The van der Waals surface area contributed by atoms with Gasteiger partial charge in [0.1, 0.15) is 11.5 Å². The largest absolute Gasteiger partial charge is 0.383 e. The van der Waals surface area contributed by atoms with Gasteiger partial charge >= 0.3 is 5.69 Å². The average molecular weight is 275 g/mol. The summed E-state index contributed by atoms with van der Waals surface area (Å²) in [5.41, 5.74) is 4.69. The maximum absolute atomic E-state index is 11.4. The first-order valence-corrected chi connectivity index (χ1v) is 4.88. The summed E-state index contributed by atoms with van der Waals surface area (Å²) in [5.74, 6) is 0.0949. The van der Waals surface area contributed by atoms with Gasteiger partial charge in [-0.2, -0.15) is 0 Å². The van der Waals surface area contributed by atoms with E-state index < -0.39 is 11.2 Å². The molecule has 0 aliphatic rings. The Kier molecular flexibility index (Phi) is 3.35. The van der Waals surface area contributed by atoms with Crippen molar-refractivity contribution in [1.29, 1.82) is 0 Å². The van der Waals surface area contributed by atoms with Crippen LogP contribution in [0.25, 0.3) is 0 Å². The number of anilines is 2. The third-order valence-electron chi connectivity index (χ3n) is 1.83. The first-order valence-electron chi connectivity index (χ1n) is 4.09. The molecule has 1 aromatic heterocycles. The van der Waals surface area contributed by atoms with E-state index in [1.807, 2.05) is 0 Å². The maximum atomic E-state index is 11.4. The van der Waals surface area contributed by atoms with Gasteiger partial charge in [0.25, 0.3) is 5.56 Å². The minimum absolute atomic E-state index is 0.0949. The van der Waals surface area contributed by atoms with Crippen molar-refractivity contribution in [3.63, 3.8) is 0 Å². The molecule has 0 unspecified atom stereocenters. The van der Waals surface area contributed by atoms with Crippen LogP contribution in [-0.2, 0) is 7.05 Å². The van der Waals surface area contributed by atoms with Crippen molar-refractivity contribution in [2.45, 2.75) is 0 Å². The molecule has 1 heterocycles. The van der Waals surface area contributed by atoms with E-state index in [0.29, 0.717) is 11.0 Å². The number of H-pyrrole nitrogens is 1. The second-order valence-electron chi connectivity index (χ2n) is 2.95. The topological polar surface area (TPSA) is 92.9 Å². The summed E-state index contributed by atoms with van der Waals surface area (Å²) in [5, 5.41) is 2.77. The zero-order valence-electron chi connectivity index (χ0n) is 8.13. The Morgan fingerprint density at radius 2 is 2.27 bits per heavy atom. The molecule has 0 bridgehead atoms. The van der Waals surface area contributed by atoms with E-state index in [-0.39, 0.29) is 11.5 Å². The molecule has 1 rings (SSSR count). The first kappa shape index (κ1) is 11.6. The molecule has 82 valence electrons. The fraction of sp³-hybridized carbons (Fsp3) is 0.250. The van der Waals surface area contributed by atoms with Gasteiger partial charge in [0.2, 0.25) is 0 Å². The molecule has 0 atom stereocenters. The number of hydrogen-bond donors (Lipinski definition) is 3. The van der Waals surface area contributed by atoms with Crippen LogP contribution in [0.5, 0.6) is 0 Å². The second kappa shape index (κ2) is 4.35. The highest BCUT2D eigenvalue weighted by molar-refractivity contribution is 9.11. The summed E-state index contributed by atoms with van der Waals surface area (Å²) in [6, 6.07) is 0. The minimum atomic E-state index is -0.541. The fourth-order valence-corrected chi connectivity index (χ4v) is 1.13. The van der Waals surface area contributed by atoms with Gasteiger partial charge in [-0.05, 0) is 0 Å². The third-order valence-corrected chi connectivity index (χ3v) is 2.11. The van der Waals surface area contributed by atoms with Gasteiger partial charge in [-0.1, -0.05) is 22.5 Å². The molecule has 1 aromatic rings. The lowest BCUT2D eigenvalue weighted by molar-refractivity contribution is 0.814. The summed E-state index contributed by atoms with van der Waals surface area (Å²) in [4.78, 5) is 24.6. The number of nitrogens with zero attached hydrogens (tertiary/aromatic N) is 1. The Morgan fingerprint density at radius 1 is 1.67 bits per heavy atom. The van der Waals surface area contributed by atoms with Crippen LogP contribution in [0.3, 0.4) is 0 Å². The SMILES string of the molecule is C=C(Br)CNc1c(N)n(C)c(=O)[nH]c1=O. The molecule has 0 aromatic carbocycles. The van der Waals surface area contributed by atoms with E-state index in [0.717, 1.165) is 4.57 Å². The number of nitrogen functional groups attached to an aromatic ring is 1. The van der Waals surface area contributed by atoms with Crippen molar-refractivity contribution in [2.24, 2.45) is 7.05 Å². The lowest BCUT2D eigenvalue weighted by Crippen LogP contribution is -2.32. The van der Waals surface area contributed by atoms with E-state index >= 15 is 0 Å². The number of nitrogens with one attached hydrogen (secondary N) is 2. The summed E-state index contributed by atoms with van der Waals surface area (Å²) < 4.78 is 1.83. The zero-order chi connectivity index (χ0) is 11.6. The standard InChI is InChI=1S/C8H11BrN4O2/c1-4(9)3-11-5-6(10)13(2)8(15)12-7(5)14/h11H,1,3,10H2,2H3,(H,12,14,15). The highest BCUT2D eigenvalue weighted by Gasteiger charge is 2.08. The van der Waals surface area contributed by atoms with Crippen molar-refractivity contribution in [1.82, 2.24) is 9.55 Å². The van der Waals surface area contributed by atoms with Crippen molar-refractivity contribution < 1.29 is 0 Å². The van der Waals surface area contributed by atoms with Crippen molar-refractivity contribution >= 4 is 27.4 Å². The van der Waals surface area contributed by atoms with Gasteiger partial charge < -0.3 is 11.1 Å².